The average Bonchev–Trinajstić information content (AvgIpc) is 2.53. The summed E-state index contributed by atoms with van der Waals surface area (Å²) >= 11 is 0. The second-order valence-electron chi connectivity index (χ2n) is 5.55. The molecule has 1 aromatic carbocycles. The van der Waals surface area contributed by atoms with E-state index in [1.165, 1.54) is 6.33 Å². The molecule has 2 aromatic rings. The molecule has 0 saturated heterocycles. The molecule has 0 unspecified atom stereocenters. The molecule has 1 aromatic heterocycles. The van der Waals surface area contributed by atoms with E-state index in [1.54, 1.807) is 0 Å². The van der Waals surface area contributed by atoms with Gasteiger partial charge < -0.3 is 10.6 Å². The number of nitrogens with one attached hydrogen (secondary N) is 2. The highest BCUT2D eigenvalue weighted by atomic mass is 16.1. The molecule has 0 atom stereocenters. The third-order valence-electron chi connectivity index (χ3n) is 3.60. The summed E-state index contributed by atoms with van der Waals surface area (Å²) < 4.78 is 0. The lowest BCUT2D eigenvalue weighted by molar-refractivity contribution is -0.116. The van der Waals surface area contributed by atoms with E-state index in [0.29, 0.717) is 6.42 Å². The van der Waals surface area contributed by atoms with Crippen LogP contribution in [0.15, 0.2) is 30.6 Å². The van der Waals surface area contributed by atoms with E-state index < -0.39 is 0 Å². The summed E-state index contributed by atoms with van der Waals surface area (Å²) in [6.45, 7) is 6.09. The van der Waals surface area contributed by atoms with Gasteiger partial charge in [-0.1, -0.05) is 26.3 Å². The summed E-state index contributed by atoms with van der Waals surface area (Å²) in [6, 6.07) is 7.87. The van der Waals surface area contributed by atoms with Gasteiger partial charge in [-0.25, -0.2) is 9.97 Å². The average molecular weight is 312 g/mol. The maximum absolute atomic E-state index is 12.0. The van der Waals surface area contributed by atoms with Crippen LogP contribution < -0.4 is 10.6 Å². The molecular weight excluding hydrogens is 288 g/mol. The van der Waals surface area contributed by atoms with Crippen LogP contribution in [0, 0.1) is 6.92 Å². The molecule has 0 saturated carbocycles. The van der Waals surface area contributed by atoms with Crippen molar-refractivity contribution in [1.82, 2.24) is 9.97 Å². The van der Waals surface area contributed by atoms with Crippen LogP contribution in [-0.4, -0.2) is 15.9 Å². The summed E-state index contributed by atoms with van der Waals surface area (Å²) in [4.78, 5) is 20.3. The number of unbranched alkanes of at least 4 members (excludes halogenated alkanes) is 1. The number of anilines is 3. The Kier molecular flexibility index (Phi) is 6.09. The maximum Gasteiger partial charge on any atom is 0.224 e. The van der Waals surface area contributed by atoms with E-state index in [-0.39, 0.29) is 5.91 Å². The van der Waals surface area contributed by atoms with Crippen molar-refractivity contribution in [2.75, 3.05) is 10.6 Å². The Hall–Kier alpha value is -2.43. The van der Waals surface area contributed by atoms with Crippen molar-refractivity contribution in [3.63, 3.8) is 0 Å². The Labute approximate surface area is 137 Å². The Morgan fingerprint density at radius 1 is 1.17 bits per heavy atom. The molecule has 0 aliphatic carbocycles. The smallest absolute Gasteiger partial charge is 0.224 e. The van der Waals surface area contributed by atoms with Crippen molar-refractivity contribution in [3.05, 3.63) is 41.9 Å². The van der Waals surface area contributed by atoms with Crippen LogP contribution in [0.3, 0.4) is 0 Å². The van der Waals surface area contributed by atoms with Crippen LogP contribution in [0.5, 0.6) is 0 Å². The number of carbonyl (C=O) groups excluding carboxylic acids is 1. The highest BCUT2D eigenvalue weighted by Gasteiger charge is 2.07. The molecule has 0 fully saturated rings. The highest BCUT2D eigenvalue weighted by molar-refractivity contribution is 5.92. The number of hydrogen-bond donors (Lipinski definition) is 2. The third kappa shape index (κ3) is 5.06. The van der Waals surface area contributed by atoms with Gasteiger partial charge in [0.2, 0.25) is 5.91 Å². The fourth-order valence-electron chi connectivity index (χ4n) is 2.30. The van der Waals surface area contributed by atoms with E-state index >= 15 is 0 Å². The Morgan fingerprint density at radius 3 is 2.70 bits per heavy atom. The number of hydrogen-bond acceptors (Lipinski definition) is 4. The SMILES string of the molecule is CCCCC(=O)Nc1cc(Nc2cc(C)ncn2)ccc1CC. The molecule has 1 heterocycles. The summed E-state index contributed by atoms with van der Waals surface area (Å²) in [6.07, 6.45) is 4.89. The lowest BCUT2D eigenvalue weighted by Crippen LogP contribution is -2.12. The van der Waals surface area contributed by atoms with E-state index in [4.69, 9.17) is 0 Å². The zero-order valence-electron chi connectivity index (χ0n) is 14.0. The molecule has 2 rings (SSSR count). The molecule has 0 aliphatic heterocycles. The summed E-state index contributed by atoms with van der Waals surface area (Å²) in [5.41, 5.74) is 3.79. The molecule has 1 amide bonds. The molecular formula is C18H24N4O. The molecule has 5 heteroatoms. The van der Waals surface area contributed by atoms with Crippen LogP contribution in [-0.2, 0) is 11.2 Å². The van der Waals surface area contributed by atoms with Gasteiger partial charge in [0.05, 0.1) is 0 Å². The Bertz CT molecular complexity index is 670. The quantitative estimate of drug-likeness (QED) is 0.803. The number of aryl methyl sites for hydroxylation is 2. The monoisotopic (exact) mass is 312 g/mol. The van der Waals surface area contributed by atoms with Gasteiger partial charge >= 0.3 is 0 Å². The molecule has 0 radical (unpaired) electrons. The first-order valence-electron chi connectivity index (χ1n) is 8.10. The second kappa shape index (κ2) is 8.27. The van der Waals surface area contributed by atoms with Gasteiger partial charge in [0.25, 0.3) is 0 Å². The number of aromatic nitrogens is 2. The Morgan fingerprint density at radius 2 is 2.00 bits per heavy atom. The summed E-state index contributed by atoms with van der Waals surface area (Å²) in [7, 11) is 0. The zero-order chi connectivity index (χ0) is 16.7. The van der Waals surface area contributed by atoms with Gasteiger partial charge in [-0.15, -0.1) is 0 Å². The largest absolute Gasteiger partial charge is 0.340 e. The van der Waals surface area contributed by atoms with Crippen molar-refractivity contribution in [1.29, 1.82) is 0 Å². The minimum atomic E-state index is 0.0663. The second-order valence-corrected chi connectivity index (χ2v) is 5.55. The van der Waals surface area contributed by atoms with Gasteiger partial charge in [-0.3, -0.25) is 4.79 Å². The van der Waals surface area contributed by atoms with Gasteiger partial charge in [-0.05, 0) is 37.5 Å². The predicted molar refractivity (Wildman–Crippen MR) is 94.0 cm³/mol. The topological polar surface area (TPSA) is 66.9 Å². The first-order valence-corrected chi connectivity index (χ1v) is 8.10. The highest BCUT2D eigenvalue weighted by Crippen LogP contribution is 2.24. The van der Waals surface area contributed by atoms with E-state index in [1.807, 2.05) is 31.2 Å². The number of carbonyl (C=O) groups is 1. The minimum absolute atomic E-state index is 0.0663. The summed E-state index contributed by atoms with van der Waals surface area (Å²) in [5, 5.41) is 6.27. The minimum Gasteiger partial charge on any atom is -0.340 e. The zero-order valence-corrected chi connectivity index (χ0v) is 14.0. The lowest BCUT2D eigenvalue weighted by atomic mass is 10.1. The number of benzene rings is 1. The van der Waals surface area contributed by atoms with E-state index in [9.17, 15) is 4.79 Å². The first kappa shape index (κ1) is 16.9. The van der Waals surface area contributed by atoms with Crippen molar-refractivity contribution < 1.29 is 4.79 Å². The first-order chi connectivity index (χ1) is 11.1. The molecule has 122 valence electrons. The van der Waals surface area contributed by atoms with Crippen LogP contribution in [0.4, 0.5) is 17.2 Å². The molecule has 5 nitrogen and oxygen atoms in total. The van der Waals surface area contributed by atoms with Crippen LogP contribution in [0.1, 0.15) is 44.4 Å². The lowest BCUT2D eigenvalue weighted by Gasteiger charge is -2.13. The maximum atomic E-state index is 12.0. The van der Waals surface area contributed by atoms with E-state index in [0.717, 1.165) is 47.7 Å². The fourth-order valence-corrected chi connectivity index (χ4v) is 2.30. The van der Waals surface area contributed by atoms with Crippen molar-refractivity contribution in [2.45, 2.75) is 46.5 Å². The normalized spacial score (nSPS) is 10.4. The molecule has 23 heavy (non-hydrogen) atoms. The van der Waals surface area contributed by atoms with Gasteiger partial charge in [0.1, 0.15) is 12.1 Å². The number of amides is 1. The molecule has 2 N–H and O–H groups in total. The predicted octanol–water partition coefficient (Wildman–Crippen LogP) is 4.22. The standard InChI is InChI=1S/C18H24N4O/c1-4-6-7-18(23)22-16-11-15(9-8-14(16)5-2)21-17-10-13(3)19-12-20-17/h8-12H,4-7H2,1-3H3,(H,22,23)(H,19,20,21). The molecule has 0 spiro atoms. The van der Waals surface area contributed by atoms with Crippen molar-refractivity contribution >= 4 is 23.1 Å². The van der Waals surface area contributed by atoms with E-state index in [2.05, 4.69) is 34.4 Å². The summed E-state index contributed by atoms with van der Waals surface area (Å²) in [5.74, 6) is 0.807. The number of nitrogens with zero attached hydrogens (tertiary/aromatic N) is 2. The molecule has 0 aliphatic rings. The fraction of sp³-hybridized carbons (Fsp3) is 0.389. The van der Waals surface area contributed by atoms with Crippen molar-refractivity contribution in [3.8, 4) is 0 Å². The van der Waals surface area contributed by atoms with Crippen LogP contribution >= 0.6 is 0 Å². The number of rotatable bonds is 7. The van der Waals surface area contributed by atoms with Crippen LogP contribution in [0.2, 0.25) is 0 Å². The Balaban J connectivity index is 2.16. The molecule has 0 bridgehead atoms. The van der Waals surface area contributed by atoms with Gasteiger partial charge in [0, 0.05) is 29.6 Å². The van der Waals surface area contributed by atoms with Gasteiger partial charge in [-0.2, -0.15) is 0 Å². The van der Waals surface area contributed by atoms with Crippen LogP contribution in [0.25, 0.3) is 0 Å². The third-order valence-corrected chi connectivity index (χ3v) is 3.60. The van der Waals surface area contributed by atoms with Crippen molar-refractivity contribution in [2.24, 2.45) is 0 Å². The van der Waals surface area contributed by atoms with Gasteiger partial charge in [0.15, 0.2) is 0 Å².